The Morgan fingerprint density at radius 2 is 1.91 bits per heavy atom. The van der Waals surface area contributed by atoms with E-state index in [1.807, 2.05) is 0 Å². The number of nitrogens with zero attached hydrogens (tertiary/aromatic N) is 1. The first-order chi connectivity index (χ1) is 16.5. The molecule has 0 spiro atoms. The SMILES string of the molecule is COC(=O)C1(C[C@H]2CN(S(=O)(=O)c3cccc(C(F)(F)F)c3)c3cc(Br)ccc3O2)CCOCC1. The molecule has 0 saturated carbocycles. The second-order valence-electron chi connectivity index (χ2n) is 8.50. The number of alkyl halides is 3. The number of rotatable bonds is 5. The Hall–Kier alpha value is -2.31. The van der Waals surface area contributed by atoms with Gasteiger partial charge in [-0.15, -0.1) is 0 Å². The van der Waals surface area contributed by atoms with Crippen LogP contribution >= 0.6 is 15.9 Å². The molecule has 2 aromatic carbocycles. The summed E-state index contributed by atoms with van der Waals surface area (Å²) in [6, 6.07) is 8.39. The van der Waals surface area contributed by atoms with Crippen molar-refractivity contribution in [3.05, 3.63) is 52.5 Å². The molecule has 12 heteroatoms. The number of carbonyl (C=O) groups excluding carboxylic acids is 1. The normalized spacial score (nSPS) is 20.0. The van der Waals surface area contributed by atoms with Gasteiger partial charge in [0.05, 0.1) is 35.2 Å². The van der Waals surface area contributed by atoms with Gasteiger partial charge in [-0.05, 0) is 49.2 Å². The predicted molar refractivity (Wildman–Crippen MR) is 124 cm³/mol. The molecule has 1 atom stereocenters. The van der Waals surface area contributed by atoms with Crippen molar-refractivity contribution in [3.63, 3.8) is 0 Å². The van der Waals surface area contributed by atoms with Crippen molar-refractivity contribution in [2.24, 2.45) is 5.41 Å². The van der Waals surface area contributed by atoms with Crippen molar-refractivity contribution >= 4 is 37.6 Å². The van der Waals surface area contributed by atoms with Crippen LogP contribution in [0.25, 0.3) is 0 Å². The van der Waals surface area contributed by atoms with Crippen LogP contribution in [0.2, 0.25) is 0 Å². The molecule has 1 fully saturated rings. The second kappa shape index (κ2) is 9.62. The summed E-state index contributed by atoms with van der Waals surface area (Å²) >= 11 is 3.31. The highest BCUT2D eigenvalue weighted by atomic mass is 79.9. The Morgan fingerprint density at radius 3 is 2.57 bits per heavy atom. The number of hydrogen-bond donors (Lipinski definition) is 0. The van der Waals surface area contributed by atoms with Crippen LogP contribution in [-0.4, -0.2) is 47.4 Å². The van der Waals surface area contributed by atoms with E-state index in [0.29, 0.717) is 36.6 Å². The number of carbonyl (C=O) groups is 1. The molecular weight excluding hydrogens is 555 g/mol. The highest BCUT2D eigenvalue weighted by Crippen LogP contribution is 2.44. The van der Waals surface area contributed by atoms with Crippen molar-refractivity contribution in [1.82, 2.24) is 0 Å². The van der Waals surface area contributed by atoms with Crippen molar-refractivity contribution in [1.29, 1.82) is 0 Å². The van der Waals surface area contributed by atoms with Crippen LogP contribution in [0.1, 0.15) is 24.8 Å². The predicted octanol–water partition coefficient (Wildman–Crippen LogP) is 4.78. The third-order valence-electron chi connectivity index (χ3n) is 6.29. The third kappa shape index (κ3) is 5.14. The lowest BCUT2D eigenvalue weighted by Crippen LogP contribution is -2.48. The van der Waals surface area contributed by atoms with E-state index < -0.39 is 44.1 Å². The van der Waals surface area contributed by atoms with Crippen molar-refractivity contribution < 1.29 is 40.6 Å². The quantitative estimate of drug-likeness (QED) is 0.475. The Kier molecular flexibility index (Phi) is 7.09. The number of hydrogen-bond acceptors (Lipinski definition) is 6. The van der Waals surface area contributed by atoms with Gasteiger partial charge in [0.15, 0.2) is 0 Å². The van der Waals surface area contributed by atoms with Crippen LogP contribution in [0.4, 0.5) is 18.9 Å². The van der Waals surface area contributed by atoms with Crippen LogP contribution in [0.5, 0.6) is 5.75 Å². The lowest BCUT2D eigenvalue weighted by Gasteiger charge is -2.41. The van der Waals surface area contributed by atoms with Gasteiger partial charge in [-0.25, -0.2) is 8.42 Å². The molecule has 1 saturated heterocycles. The van der Waals surface area contributed by atoms with Crippen molar-refractivity contribution in [2.45, 2.75) is 36.4 Å². The average Bonchev–Trinajstić information content (AvgIpc) is 2.83. The Balaban J connectivity index is 1.74. The molecule has 0 unspecified atom stereocenters. The van der Waals surface area contributed by atoms with Crippen LogP contribution < -0.4 is 9.04 Å². The number of halogens is 4. The summed E-state index contributed by atoms with van der Waals surface area (Å²) < 4.78 is 85.2. The number of sulfonamides is 1. The van der Waals surface area contributed by atoms with Crippen LogP contribution in [0.15, 0.2) is 51.8 Å². The molecule has 190 valence electrons. The minimum Gasteiger partial charge on any atom is -0.486 e. The summed E-state index contributed by atoms with van der Waals surface area (Å²) in [4.78, 5) is 12.2. The Morgan fingerprint density at radius 1 is 1.20 bits per heavy atom. The molecule has 0 amide bonds. The van der Waals surface area contributed by atoms with E-state index in [2.05, 4.69) is 15.9 Å². The number of ether oxygens (including phenoxy) is 3. The van der Waals surface area contributed by atoms with Gasteiger partial charge in [0.1, 0.15) is 11.9 Å². The maximum Gasteiger partial charge on any atom is 0.416 e. The summed E-state index contributed by atoms with van der Waals surface area (Å²) in [7, 11) is -3.11. The van der Waals surface area contributed by atoms with E-state index in [-0.39, 0.29) is 24.4 Å². The highest BCUT2D eigenvalue weighted by molar-refractivity contribution is 9.10. The summed E-state index contributed by atoms with van der Waals surface area (Å²) in [6.45, 7) is 0.497. The minimum atomic E-state index is -4.70. The fourth-order valence-electron chi connectivity index (χ4n) is 4.49. The topological polar surface area (TPSA) is 82.1 Å². The largest absolute Gasteiger partial charge is 0.486 e. The van der Waals surface area contributed by atoms with E-state index in [1.165, 1.54) is 13.2 Å². The maximum absolute atomic E-state index is 13.6. The molecule has 0 N–H and O–H groups in total. The van der Waals surface area contributed by atoms with E-state index in [4.69, 9.17) is 14.2 Å². The number of fused-ring (bicyclic) bond motifs is 1. The first kappa shape index (κ1) is 25.8. The third-order valence-corrected chi connectivity index (χ3v) is 8.56. The smallest absolute Gasteiger partial charge is 0.416 e. The molecule has 2 aromatic rings. The Labute approximate surface area is 209 Å². The second-order valence-corrected chi connectivity index (χ2v) is 11.3. The van der Waals surface area contributed by atoms with Crippen molar-refractivity contribution in [2.75, 3.05) is 31.2 Å². The van der Waals surface area contributed by atoms with Gasteiger partial charge < -0.3 is 14.2 Å². The highest BCUT2D eigenvalue weighted by Gasteiger charge is 2.46. The standard InChI is InChI=1S/C23H23BrF3NO6S/c1-32-21(29)22(7-9-33-10-8-22)13-17-14-28(19-12-16(24)5-6-20(19)34-17)35(30,31)18-4-2-3-15(11-18)23(25,26)27/h2-6,11-12,17H,7-10,13-14H2,1H3/t17-/m0/s1. The molecule has 0 aromatic heterocycles. The first-order valence-corrected chi connectivity index (χ1v) is 13.0. The van der Waals surface area contributed by atoms with Gasteiger partial charge in [-0.1, -0.05) is 22.0 Å². The molecule has 4 rings (SSSR count). The zero-order chi connectivity index (χ0) is 25.4. The minimum absolute atomic E-state index is 0.160. The van der Waals surface area contributed by atoms with E-state index in [1.54, 1.807) is 12.1 Å². The van der Waals surface area contributed by atoms with Gasteiger partial charge >= 0.3 is 12.1 Å². The molecule has 0 aliphatic carbocycles. The zero-order valence-corrected chi connectivity index (χ0v) is 21.1. The molecule has 2 heterocycles. The molecule has 2 aliphatic rings. The fourth-order valence-corrected chi connectivity index (χ4v) is 6.38. The fraction of sp³-hybridized carbons (Fsp3) is 0.435. The summed E-state index contributed by atoms with van der Waals surface area (Å²) in [5.74, 6) is -0.189. The molecule has 2 aliphatic heterocycles. The molecule has 0 radical (unpaired) electrons. The van der Waals surface area contributed by atoms with Gasteiger partial charge in [0.2, 0.25) is 0 Å². The summed E-state index contributed by atoms with van der Waals surface area (Å²) in [5.41, 5.74) is -1.80. The van der Waals surface area contributed by atoms with E-state index >= 15 is 0 Å². The molecule has 35 heavy (non-hydrogen) atoms. The molecule has 7 nitrogen and oxygen atoms in total. The first-order valence-electron chi connectivity index (χ1n) is 10.8. The zero-order valence-electron chi connectivity index (χ0n) is 18.7. The number of methoxy groups -OCH3 is 1. The van der Waals surface area contributed by atoms with Crippen molar-refractivity contribution in [3.8, 4) is 5.75 Å². The molecular formula is C23H23BrF3NO6S. The summed E-state index contributed by atoms with van der Waals surface area (Å²) in [6.07, 6.45) is -4.52. The summed E-state index contributed by atoms with van der Waals surface area (Å²) in [5, 5.41) is 0. The lowest BCUT2D eigenvalue weighted by molar-refractivity contribution is -0.161. The van der Waals surface area contributed by atoms with Crippen LogP contribution in [0, 0.1) is 5.41 Å². The van der Waals surface area contributed by atoms with Crippen LogP contribution in [-0.2, 0) is 30.5 Å². The lowest BCUT2D eigenvalue weighted by atomic mass is 9.75. The Bertz CT molecular complexity index is 1210. The van der Waals surface area contributed by atoms with Gasteiger partial charge in [0.25, 0.3) is 10.0 Å². The number of esters is 1. The number of benzene rings is 2. The molecule has 0 bridgehead atoms. The van der Waals surface area contributed by atoms with Gasteiger partial charge in [0, 0.05) is 24.1 Å². The number of anilines is 1. The maximum atomic E-state index is 13.6. The van der Waals surface area contributed by atoms with Gasteiger partial charge in [-0.3, -0.25) is 9.10 Å². The monoisotopic (exact) mass is 577 g/mol. The van der Waals surface area contributed by atoms with Crippen LogP contribution in [0.3, 0.4) is 0 Å². The van der Waals surface area contributed by atoms with E-state index in [0.717, 1.165) is 22.5 Å². The van der Waals surface area contributed by atoms with Gasteiger partial charge in [-0.2, -0.15) is 13.2 Å². The van der Waals surface area contributed by atoms with E-state index in [9.17, 15) is 26.4 Å². The average molecular weight is 578 g/mol.